The monoisotopic (exact) mass is 462 g/mol. The quantitative estimate of drug-likeness (QED) is 0.369. The highest BCUT2D eigenvalue weighted by molar-refractivity contribution is 7.14. The van der Waals surface area contributed by atoms with Crippen molar-refractivity contribution in [3.8, 4) is 0 Å². The molecule has 1 atom stereocenters. The summed E-state index contributed by atoms with van der Waals surface area (Å²) in [5, 5.41) is 6.36. The van der Waals surface area contributed by atoms with Crippen LogP contribution in [0.5, 0.6) is 0 Å². The molecule has 4 aromatic rings. The number of carbonyl (C=O) groups excluding carboxylic acids is 1. The zero-order valence-electron chi connectivity index (χ0n) is 17.4. The molecule has 2 aromatic carbocycles. The Kier molecular flexibility index (Phi) is 5.97. The number of carbonyl (C=O) groups is 1. The lowest BCUT2D eigenvalue weighted by molar-refractivity contribution is 0.101. The average molecular weight is 463 g/mol. The normalized spacial score (nSPS) is 15.8. The van der Waals surface area contributed by atoms with Gasteiger partial charge >= 0.3 is 0 Å². The maximum absolute atomic E-state index is 13.0. The Hall–Kier alpha value is -3.09. The topological polar surface area (TPSA) is 50.2 Å². The SMILES string of the molecule is O=C(Nc1nc([C@H]2CCCN2c2ccccc2)cs1)c1cccn1Cc1cccc(Cl)c1. The molecule has 1 saturated heterocycles. The summed E-state index contributed by atoms with van der Waals surface area (Å²) in [6, 6.07) is 22.1. The van der Waals surface area contributed by atoms with Gasteiger partial charge in [-0.25, -0.2) is 4.98 Å². The van der Waals surface area contributed by atoms with Gasteiger partial charge in [0.15, 0.2) is 5.13 Å². The summed E-state index contributed by atoms with van der Waals surface area (Å²) in [5.41, 5.74) is 3.86. The van der Waals surface area contributed by atoms with Crippen molar-refractivity contribution in [1.29, 1.82) is 0 Å². The number of halogens is 1. The molecule has 0 radical (unpaired) electrons. The molecule has 1 aliphatic heterocycles. The number of amides is 1. The lowest BCUT2D eigenvalue weighted by Crippen LogP contribution is -2.22. The van der Waals surface area contributed by atoms with E-state index < -0.39 is 0 Å². The van der Waals surface area contributed by atoms with Crippen LogP contribution in [0.2, 0.25) is 5.02 Å². The second-order valence-corrected chi connectivity index (χ2v) is 9.16. The number of rotatable bonds is 6. The first-order valence-electron chi connectivity index (χ1n) is 10.7. The Morgan fingerprint density at radius 2 is 2.00 bits per heavy atom. The van der Waals surface area contributed by atoms with Crippen LogP contribution < -0.4 is 10.2 Å². The summed E-state index contributed by atoms with van der Waals surface area (Å²) < 4.78 is 1.92. The highest BCUT2D eigenvalue weighted by atomic mass is 35.5. The minimum atomic E-state index is -0.163. The molecule has 1 aliphatic rings. The minimum absolute atomic E-state index is 0.163. The third-order valence-corrected chi connectivity index (χ3v) is 6.74. The average Bonchev–Trinajstić information content (AvgIpc) is 3.55. The zero-order chi connectivity index (χ0) is 21.9. The number of anilines is 2. The molecule has 0 spiro atoms. The van der Waals surface area contributed by atoms with Crippen molar-refractivity contribution in [2.24, 2.45) is 0 Å². The first-order chi connectivity index (χ1) is 15.7. The molecule has 0 bridgehead atoms. The van der Waals surface area contributed by atoms with Crippen LogP contribution in [0.1, 0.15) is 40.6 Å². The number of nitrogens with zero attached hydrogens (tertiary/aromatic N) is 3. The Bertz CT molecular complexity index is 1220. The van der Waals surface area contributed by atoms with Gasteiger partial charge in [-0.2, -0.15) is 0 Å². The third kappa shape index (κ3) is 4.42. The summed E-state index contributed by atoms with van der Waals surface area (Å²) in [6.07, 6.45) is 4.10. The van der Waals surface area contributed by atoms with E-state index in [1.54, 1.807) is 0 Å². The standard InChI is InChI=1S/C25H23ClN4OS/c26-19-8-4-7-18(15-19)16-29-13-5-12-23(29)24(31)28-25-27-21(17-32-25)22-11-6-14-30(22)20-9-2-1-3-10-20/h1-5,7-10,12-13,15,17,22H,6,11,14,16H2,(H,27,28,31)/t22-/m1/s1. The summed E-state index contributed by atoms with van der Waals surface area (Å²) in [7, 11) is 0. The molecule has 1 fully saturated rings. The van der Waals surface area contributed by atoms with Crippen LogP contribution in [0.15, 0.2) is 78.3 Å². The van der Waals surface area contributed by atoms with Gasteiger partial charge in [0.25, 0.3) is 5.91 Å². The summed E-state index contributed by atoms with van der Waals surface area (Å²) in [4.78, 5) is 20.1. The van der Waals surface area contributed by atoms with Gasteiger partial charge in [-0.15, -0.1) is 11.3 Å². The Balaban J connectivity index is 1.29. The summed E-state index contributed by atoms with van der Waals surface area (Å²) in [5.74, 6) is -0.163. The van der Waals surface area contributed by atoms with Gasteiger partial charge in [0.05, 0.1) is 11.7 Å². The van der Waals surface area contributed by atoms with Crippen molar-refractivity contribution in [2.75, 3.05) is 16.8 Å². The number of para-hydroxylation sites is 1. The molecule has 1 amide bonds. The van der Waals surface area contributed by atoms with Crippen molar-refractivity contribution in [1.82, 2.24) is 9.55 Å². The van der Waals surface area contributed by atoms with E-state index in [0.717, 1.165) is 30.6 Å². The van der Waals surface area contributed by atoms with E-state index in [-0.39, 0.29) is 11.9 Å². The predicted octanol–water partition coefficient (Wildman–Crippen LogP) is 6.24. The summed E-state index contributed by atoms with van der Waals surface area (Å²) >= 11 is 7.58. The maximum atomic E-state index is 13.0. The van der Waals surface area contributed by atoms with Crippen molar-refractivity contribution < 1.29 is 4.79 Å². The Labute approximate surface area is 196 Å². The van der Waals surface area contributed by atoms with Gasteiger partial charge in [-0.1, -0.05) is 41.9 Å². The largest absolute Gasteiger partial charge is 0.363 e. The lowest BCUT2D eigenvalue weighted by Gasteiger charge is -2.25. The Morgan fingerprint density at radius 1 is 1.12 bits per heavy atom. The van der Waals surface area contributed by atoms with E-state index in [0.29, 0.717) is 22.4 Å². The smallest absolute Gasteiger partial charge is 0.274 e. The van der Waals surface area contributed by atoms with E-state index in [9.17, 15) is 4.79 Å². The molecule has 3 heterocycles. The molecule has 0 unspecified atom stereocenters. The zero-order valence-corrected chi connectivity index (χ0v) is 19.0. The van der Waals surface area contributed by atoms with Gasteiger partial charge in [-0.3, -0.25) is 10.1 Å². The lowest BCUT2D eigenvalue weighted by atomic mass is 10.1. The molecule has 5 nitrogen and oxygen atoms in total. The molecule has 0 aliphatic carbocycles. The fourth-order valence-electron chi connectivity index (χ4n) is 4.25. The molecular formula is C25H23ClN4OS. The van der Waals surface area contributed by atoms with Crippen LogP contribution in [-0.2, 0) is 6.54 Å². The van der Waals surface area contributed by atoms with E-state index in [2.05, 4.69) is 39.9 Å². The highest BCUT2D eigenvalue weighted by Crippen LogP contribution is 2.37. The van der Waals surface area contributed by atoms with E-state index in [1.807, 2.05) is 53.2 Å². The molecule has 5 rings (SSSR count). The summed E-state index contributed by atoms with van der Waals surface area (Å²) in [6.45, 7) is 1.60. The van der Waals surface area contributed by atoms with Crippen LogP contribution >= 0.6 is 22.9 Å². The maximum Gasteiger partial charge on any atom is 0.274 e. The third-order valence-electron chi connectivity index (χ3n) is 5.73. The number of nitrogens with one attached hydrogen (secondary N) is 1. The number of thiazole rings is 1. The molecule has 32 heavy (non-hydrogen) atoms. The van der Waals surface area contributed by atoms with Crippen molar-refractivity contribution in [3.63, 3.8) is 0 Å². The van der Waals surface area contributed by atoms with E-state index in [4.69, 9.17) is 16.6 Å². The molecule has 1 N–H and O–H groups in total. The molecule has 0 saturated carbocycles. The van der Waals surface area contributed by atoms with Crippen LogP contribution in [0.4, 0.5) is 10.8 Å². The second kappa shape index (κ2) is 9.18. The number of aromatic nitrogens is 2. The van der Waals surface area contributed by atoms with Gasteiger partial charge in [-0.05, 0) is 54.8 Å². The Morgan fingerprint density at radius 3 is 2.84 bits per heavy atom. The van der Waals surface area contributed by atoms with Gasteiger partial charge in [0.2, 0.25) is 0 Å². The fourth-order valence-corrected chi connectivity index (χ4v) is 5.22. The number of hydrogen-bond acceptors (Lipinski definition) is 4. The second-order valence-electron chi connectivity index (χ2n) is 7.87. The van der Waals surface area contributed by atoms with Crippen molar-refractivity contribution >= 4 is 39.7 Å². The van der Waals surface area contributed by atoms with Gasteiger partial charge in [0, 0.05) is 35.4 Å². The van der Waals surface area contributed by atoms with E-state index in [1.165, 1.54) is 17.0 Å². The number of hydrogen-bond donors (Lipinski definition) is 1. The molecule has 2 aromatic heterocycles. The first kappa shape index (κ1) is 20.8. The van der Waals surface area contributed by atoms with Crippen molar-refractivity contribution in [2.45, 2.75) is 25.4 Å². The van der Waals surface area contributed by atoms with Crippen molar-refractivity contribution in [3.05, 3.63) is 100 Å². The predicted molar refractivity (Wildman–Crippen MR) is 131 cm³/mol. The van der Waals surface area contributed by atoms with Crippen LogP contribution in [0, 0.1) is 0 Å². The fraction of sp³-hybridized carbons (Fsp3) is 0.200. The van der Waals surface area contributed by atoms with Crippen LogP contribution in [0.25, 0.3) is 0 Å². The molecule has 162 valence electrons. The van der Waals surface area contributed by atoms with Gasteiger partial charge in [0.1, 0.15) is 5.69 Å². The van der Waals surface area contributed by atoms with Gasteiger partial charge < -0.3 is 9.47 Å². The molecular weight excluding hydrogens is 440 g/mol. The number of benzene rings is 2. The minimum Gasteiger partial charge on any atom is -0.363 e. The van der Waals surface area contributed by atoms with E-state index >= 15 is 0 Å². The first-order valence-corrected chi connectivity index (χ1v) is 11.9. The highest BCUT2D eigenvalue weighted by Gasteiger charge is 2.28. The molecule has 7 heteroatoms. The van der Waals surface area contributed by atoms with Crippen LogP contribution in [-0.4, -0.2) is 22.0 Å². The van der Waals surface area contributed by atoms with Crippen LogP contribution in [0.3, 0.4) is 0 Å².